The highest BCUT2D eigenvalue weighted by Gasteiger charge is 2.12. The Morgan fingerprint density at radius 3 is 2.37 bits per heavy atom. The molecule has 1 aromatic carbocycles. The fourth-order valence-corrected chi connectivity index (χ4v) is 4.05. The van der Waals surface area contributed by atoms with Gasteiger partial charge in [0.25, 0.3) is 0 Å². The summed E-state index contributed by atoms with van der Waals surface area (Å²) in [5.74, 6) is 2.04. The molecule has 5 nitrogen and oxygen atoms in total. The average molecular weight is 395 g/mol. The van der Waals surface area contributed by atoms with Gasteiger partial charge in [-0.2, -0.15) is 0 Å². The van der Waals surface area contributed by atoms with Crippen LogP contribution >= 0.6 is 0 Å². The summed E-state index contributed by atoms with van der Waals surface area (Å²) >= 11 is 0. The van der Waals surface area contributed by atoms with Crippen LogP contribution in [0, 0.1) is 0 Å². The second kappa shape index (κ2) is 13.7. The highest BCUT2D eigenvalue weighted by atomic mass is 32.2. The molecular formula is C21H38N4OS. The van der Waals surface area contributed by atoms with E-state index in [4.69, 9.17) is 0 Å². The Bertz CT molecular complexity index is 553. The monoisotopic (exact) mass is 394 g/mol. The summed E-state index contributed by atoms with van der Waals surface area (Å²) in [4.78, 5) is 7.14. The number of aliphatic imine (C=N–C) groups is 1. The van der Waals surface area contributed by atoms with Gasteiger partial charge in [0.2, 0.25) is 0 Å². The van der Waals surface area contributed by atoms with Crippen LogP contribution in [0.25, 0.3) is 0 Å². The predicted molar refractivity (Wildman–Crippen MR) is 119 cm³/mol. The third-order valence-corrected chi connectivity index (χ3v) is 5.62. The third kappa shape index (κ3) is 10.5. The van der Waals surface area contributed by atoms with Crippen LogP contribution in [0.2, 0.25) is 0 Å². The minimum Gasteiger partial charge on any atom is -0.357 e. The van der Waals surface area contributed by atoms with Gasteiger partial charge < -0.3 is 10.6 Å². The largest absolute Gasteiger partial charge is 0.357 e. The van der Waals surface area contributed by atoms with E-state index in [-0.39, 0.29) is 0 Å². The van der Waals surface area contributed by atoms with Crippen LogP contribution in [0.5, 0.6) is 0 Å². The summed E-state index contributed by atoms with van der Waals surface area (Å²) < 4.78 is 12.2. The van der Waals surface area contributed by atoms with Crippen molar-refractivity contribution in [3.05, 3.63) is 35.9 Å². The molecule has 0 saturated heterocycles. The van der Waals surface area contributed by atoms with E-state index in [1.165, 1.54) is 0 Å². The first kappa shape index (κ1) is 23.6. The van der Waals surface area contributed by atoms with Crippen molar-refractivity contribution in [3.8, 4) is 0 Å². The van der Waals surface area contributed by atoms with E-state index in [0.29, 0.717) is 30.1 Å². The molecule has 0 aliphatic carbocycles. The Kier molecular flexibility index (Phi) is 12.0. The molecule has 0 aliphatic rings. The van der Waals surface area contributed by atoms with Crippen molar-refractivity contribution in [2.45, 2.75) is 58.9 Å². The predicted octanol–water partition coefficient (Wildman–Crippen LogP) is 3.00. The molecular weight excluding hydrogens is 356 g/mol. The molecule has 0 bridgehead atoms. The molecule has 1 aromatic rings. The first-order valence-corrected chi connectivity index (χ1v) is 11.6. The van der Waals surface area contributed by atoms with Crippen molar-refractivity contribution in [2.75, 3.05) is 31.9 Å². The minimum absolute atomic E-state index is 0.555. The molecule has 0 heterocycles. The Morgan fingerprint density at radius 1 is 1.11 bits per heavy atom. The third-order valence-electron chi connectivity index (χ3n) is 4.31. The molecule has 0 amide bonds. The van der Waals surface area contributed by atoms with Crippen molar-refractivity contribution in [3.63, 3.8) is 0 Å². The second-order valence-corrected chi connectivity index (χ2v) is 8.82. The van der Waals surface area contributed by atoms with Gasteiger partial charge in [0.15, 0.2) is 5.96 Å². The topological polar surface area (TPSA) is 56.7 Å². The second-order valence-electron chi connectivity index (χ2n) is 7.24. The highest BCUT2D eigenvalue weighted by molar-refractivity contribution is 7.84. The lowest BCUT2D eigenvalue weighted by atomic mass is 10.2. The van der Waals surface area contributed by atoms with Gasteiger partial charge >= 0.3 is 0 Å². The highest BCUT2D eigenvalue weighted by Crippen LogP contribution is 2.05. The first-order chi connectivity index (χ1) is 12.9. The van der Waals surface area contributed by atoms with Gasteiger partial charge in [0.05, 0.1) is 0 Å². The van der Waals surface area contributed by atoms with Crippen molar-refractivity contribution in [1.82, 2.24) is 15.5 Å². The molecule has 2 N–H and O–H groups in total. The molecule has 0 spiro atoms. The minimum atomic E-state index is -0.867. The summed E-state index contributed by atoms with van der Waals surface area (Å²) in [5, 5.41) is 6.57. The lowest BCUT2D eigenvalue weighted by Crippen LogP contribution is -2.40. The fourth-order valence-electron chi connectivity index (χ4n) is 3.01. The van der Waals surface area contributed by atoms with Gasteiger partial charge in [-0.05, 0) is 46.6 Å². The molecule has 0 fully saturated rings. The number of nitrogens with one attached hydrogen (secondary N) is 2. The standard InChI is InChI=1S/C21H38N4OS/c1-6-22-21(23-13-10-15-25(18(2)3)19(4)5)24-14-16-27(26)17-20-11-8-7-9-12-20/h7-9,11-12,18-19H,6,10,13-17H2,1-5H3,(H2,22,23,24). The van der Waals surface area contributed by atoms with E-state index in [9.17, 15) is 4.21 Å². The summed E-state index contributed by atoms with van der Waals surface area (Å²) in [5.41, 5.74) is 1.12. The van der Waals surface area contributed by atoms with E-state index in [1.807, 2.05) is 30.3 Å². The maximum absolute atomic E-state index is 12.2. The van der Waals surface area contributed by atoms with E-state index in [0.717, 1.165) is 37.6 Å². The van der Waals surface area contributed by atoms with Crippen molar-refractivity contribution < 1.29 is 4.21 Å². The molecule has 1 unspecified atom stereocenters. The van der Waals surface area contributed by atoms with Crippen LogP contribution in [0.3, 0.4) is 0 Å². The first-order valence-electron chi connectivity index (χ1n) is 10.1. The zero-order valence-corrected chi connectivity index (χ0v) is 18.5. The molecule has 6 heteroatoms. The molecule has 0 radical (unpaired) electrons. The average Bonchev–Trinajstić information content (AvgIpc) is 2.61. The van der Waals surface area contributed by atoms with Crippen LogP contribution in [0.15, 0.2) is 35.3 Å². The molecule has 0 saturated carbocycles. The summed E-state index contributed by atoms with van der Waals surface area (Å²) in [7, 11) is -0.867. The van der Waals surface area contributed by atoms with Crippen LogP contribution in [-0.2, 0) is 16.6 Å². The maximum atomic E-state index is 12.2. The lowest BCUT2D eigenvalue weighted by Gasteiger charge is -2.30. The fraction of sp³-hybridized carbons (Fsp3) is 0.667. The van der Waals surface area contributed by atoms with Gasteiger partial charge in [0.1, 0.15) is 0 Å². The van der Waals surface area contributed by atoms with E-state index < -0.39 is 10.8 Å². The number of nitrogens with zero attached hydrogens (tertiary/aromatic N) is 2. The Balaban J connectivity index is 2.35. The van der Waals surface area contributed by atoms with Crippen LogP contribution in [-0.4, -0.2) is 59.1 Å². The van der Waals surface area contributed by atoms with Crippen molar-refractivity contribution >= 4 is 16.8 Å². The maximum Gasteiger partial charge on any atom is 0.191 e. The summed E-state index contributed by atoms with van der Waals surface area (Å²) in [6, 6.07) is 11.1. The van der Waals surface area contributed by atoms with Gasteiger partial charge in [-0.1, -0.05) is 30.3 Å². The number of rotatable bonds is 12. The SMILES string of the molecule is CCNC(=NCCCN(C(C)C)C(C)C)NCCS(=O)Cc1ccccc1. The number of hydrogen-bond donors (Lipinski definition) is 2. The van der Waals surface area contributed by atoms with Gasteiger partial charge in [-0.3, -0.25) is 14.1 Å². The zero-order valence-electron chi connectivity index (χ0n) is 17.7. The Hall–Kier alpha value is -1.40. The summed E-state index contributed by atoms with van der Waals surface area (Å²) in [6.07, 6.45) is 1.03. The molecule has 1 atom stereocenters. The normalized spacial score (nSPS) is 13.4. The van der Waals surface area contributed by atoms with Crippen LogP contribution in [0.1, 0.15) is 46.6 Å². The molecule has 154 valence electrons. The Morgan fingerprint density at radius 2 is 1.78 bits per heavy atom. The molecule has 0 aliphatic heterocycles. The van der Waals surface area contributed by atoms with Gasteiger partial charge in [-0.15, -0.1) is 0 Å². The number of benzene rings is 1. The summed E-state index contributed by atoms with van der Waals surface area (Å²) in [6.45, 7) is 14.4. The molecule has 27 heavy (non-hydrogen) atoms. The van der Waals surface area contributed by atoms with E-state index in [2.05, 4.69) is 55.1 Å². The molecule has 1 rings (SSSR count). The van der Waals surface area contributed by atoms with E-state index in [1.54, 1.807) is 0 Å². The quantitative estimate of drug-likeness (QED) is 0.325. The molecule has 0 aromatic heterocycles. The van der Waals surface area contributed by atoms with Crippen molar-refractivity contribution in [1.29, 1.82) is 0 Å². The number of guanidine groups is 1. The van der Waals surface area contributed by atoms with Crippen molar-refractivity contribution in [2.24, 2.45) is 4.99 Å². The lowest BCUT2D eigenvalue weighted by molar-refractivity contribution is 0.174. The van der Waals surface area contributed by atoms with Gasteiger partial charge in [-0.25, -0.2) is 0 Å². The van der Waals surface area contributed by atoms with Crippen LogP contribution in [0.4, 0.5) is 0 Å². The van der Waals surface area contributed by atoms with E-state index >= 15 is 0 Å². The number of hydrogen-bond acceptors (Lipinski definition) is 3. The zero-order chi connectivity index (χ0) is 20.1. The van der Waals surface area contributed by atoms with Gasteiger partial charge in [0, 0.05) is 60.6 Å². The smallest absolute Gasteiger partial charge is 0.191 e. The Labute approximate surface area is 168 Å². The van der Waals surface area contributed by atoms with Crippen LogP contribution < -0.4 is 10.6 Å².